The fourth-order valence-corrected chi connectivity index (χ4v) is 7.78. The van der Waals surface area contributed by atoms with E-state index in [2.05, 4.69) is 144 Å². The van der Waals surface area contributed by atoms with Gasteiger partial charge in [0.05, 0.1) is 0 Å². The molecule has 2 aromatic heterocycles. The van der Waals surface area contributed by atoms with Crippen LogP contribution >= 0.6 is 11.3 Å². The monoisotopic (exact) mass is 581 g/mol. The van der Waals surface area contributed by atoms with Crippen molar-refractivity contribution in [3.8, 4) is 11.1 Å². The van der Waals surface area contributed by atoms with Crippen LogP contribution in [0.4, 0.5) is 11.4 Å². The van der Waals surface area contributed by atoms with Gasteiger partial charge in [-0.25, -0.2) is 0 Å². The second-order valence-electron chi connectivity index (χ2n) is 11.3. The van der Waals surface area contributed by atoms with Gasteiger partial charge in [0.1, 0.15) is 11.2 Å². The van der Waals surface area contributed by atoms with Gasteiger partial charge in [-0.05, 0) is 64.5 Å². The third-order valence-electron chi connectivity index (χ3n) is 8.75. The lowest BCUT2D eigenvalue weighted by Gasteiger charge is -2.28. The van der Waals surface area contributed by atoms with E-state index in [0.29, 0.717) is 0 Å². The van der Waals surface area contributed by atoms with Crippen LogP contribution < -0.4 is 4.90 Å². The molecule has 0 N–H and O–H groups in total. The smallest absolute Gasteiger partial charge is 0.136 e. The van der Waals surface area contributed by atoms with Crippen molar-refractivity contribution in [3.05, 3.63) is 157 Å². The number of anilines is 2. The molecule has 0 fully saturated rings. The van der Waals surface area contributed by atoms with Crippen LogP contribution in [0.1, 0.15) is 5.56 Å². The second-order valence-corrected chi connectivity index (χ2v) is 12.4. The number of para-hydroxylation sites is 1. The maximum Gasteiger partial charge on any atom is 0.136 e. The molecule has 0 spiro atoms. The number of hydrogen-bond acceptors (Lipinski definition) is 3. The third-order valence-corrected chi connectivity index (χ3v) is 9.88. The van der Waals surface area contributed by atoms with Crippen molar-refractivity contribution in [1.82, 2.24) is 0 Å². The predicted molar refractivity (Wildman–Crippen MR) is 188 cm³/mol. The maximum absolute atomic E-state index is 6.27. The molecule has 0 unspecified atom stereocenters. The summed E-state index contributed by atoms with van der Waals surface area (Å²) < 4.78 is 8.89. The molecular weight excluding hydrogens is 555 g/mol. The van der Waals surface area contributed by atoms with Gasteiger partial charge in [0.2, 0.25) is 0 Å². The molecule has 3 heteroatoms. The Morgan fingerprint density at radius 2 is 1.27 bits per heavy atom. The summed E-state index contributed by atoms with van der Waals surface area (Å²) in [5, 5.41) is 7.29. The molecule has 208 valence electrons. The first-order chi connectivity index (χ1) is 21.8. The van der Waals surface area contributed by atoms with Crippen LogP contribution in [0.15, 0.2) is 156 Å². The molecular formula is C41H27NOS. The van der Waals surface area contributed by atoms with Crippen LogP contribution in [0.25, 0.3) is 64.0 Å². The van der Waals surface area contributed by atoms with E-state index in [0.717, 1.165) is 28.5 Å². The normalized spacial score (nSPS) is 11.7. The molecule has 0 radical (unpaired) electrons. The van der Waals surface area contributed by atoms with E-state index in [-0.39, 0.29) is 0 Å². The summed E-state index contributed by atoms with van der Waals surface area (Å²) >= 11 is 1.86. The van der Waals surface area contributed by atoms with Gasteiger partial charge in [-0.3, -0.25) is 0 Å². The Morgan fingerprint density at radius 1 is 0.500 bits per heavy atom. The van der Waals surface area contributed by atoms with Crippen molar-refractivity contribution in [1.29, 1.82) is 0 Å². The molecule has 0 aliphatic carbocycles. The highest BCUT2D eigenvalue weighted by molar-refractivity contribution is 7.25. The van der Waals surface area contributed by atoms with Crippen LogP contribution in [0, 0.1) is 0 Å². The summed E-state index contributed by atoms with van der Waals surface area (Å²) in [4.78, 5) is 2.49. The lowest BCUT2D eigenvalue weighted by Crippen LogP contribution is -2.17. The molecule has 2 nitrogen and oxygen atoms in total. The van der Waals surface area contributed by atoms with Crippen molar-refractivity contribution in [2.45, 2.75) is 6.54 Å². The zero-order chi connectivity index (χ0) is 29.0. The number of rotatable bonds is 5. The maximum atomic E-state index is 6.27. The van der Waals surface area contributed by atoms with E-state index in [1.54, 1.807) is 0 Å². The highest BCUT2D eigenvalue weighted by Gasteiger charge is 2.19. The van der Waals surface area contributed by atoms with Crippen molar-refractivity contribution in [2.75, 3.05) is 4.90 Å². The molecule has 7 aromatic carbocycles. The number of thiophene rings is 1. The molecule has 9 rings (SSSR count). The van der Waals surface area contributed by atoms with Crippen molar-refractivity contribution in [2.24, 2.45) is 0 Å². The van der Waals surface area contributed by atoms with E-state index >= 15 is 0 Å². The Hall–Kier alpha value is -5.38. The fraction of sp³-hybridized carbons (Fsp3) is 0.0244. The summed E-state index contributed by atoms with van der Waals surface area (Å²) in [6, 6.07) is 54.6. The summed E-state index contributed by atoms with van der Waals surface area (Å²) in [5.41, 5.74) is 7.96. The fourth-order valence-electron chi connectivity index (χ4n) is 6.64. The number of benzene rings is 7. The van der Waals surface area contributed by atoms with E-state index < -0.39 is 0 Å². The SMILES string of the molecule is c1ccc(-c2ccccc2CN(c2ccc3c(c2)sc2ccccc23)c2cccc3cc4oc5ccccc5c4cc23)cc1. The summed E-state index contributed by atoms with van der Waals surface area (Å²) in [6.45, 7) is 0.727. The average Bonchev–Trinajstić information content (AvgIpc) is 3.64. The van der Waals surface area contributed by atoms with Crippen molar-refractivity contribution >= 4 is 75.6 Å². The van der Waals surface area contributed by atoms with Gasteiger partial charge in [-0.1, -0.05) is 109 Å². The van der Waals surface area contributed by atoms with Crippen LogP contribution in [-0.2, 0) is 6.54 Å². The topological polar surface area (TPSA) is 16.4 Å². The van der Waals surface area contributed by atoms with Crippen LogP contribution in [0.5, 0.6) is 0 Å². The molecule has 44 heavy (non-hydrogen) atoms. The Morgan fingerprint density at radius 3 is 2.20 bits per heavy atom. The second kappa shape index (κ2) is 10.1. The van der Waals surface area contributed by atoms with Crippen LogP contribution in [-0.4, -0.2) is 0 Å². The predicted octanol–water partition coefficient (Wildman–Crippen LogP) is 12.1. The van der Waals surface area contributed by atoms with E-state index in [9.17, 15) is 0 Å². The van der Waals surface area contributed by atoms with Gasteiger partial charge in [-0.2, -0.15) is 0 Å². The molecule has 0 saturated heterocycles. The van der Waals surface area contributed by atoms with E-state index in [4.69, 9.17) is 4.42 Å². The lowest BCUT2D eigenvalue weighted by molar-refractivity contribution is 0.669. The highest BCUT2D eigenvalue weighted by atomic mass is 32.1. The molecule has 0 aliphatic rings. The highest BCUT2D eigenvalue weighted by Crippen LogP contribution is 2.42. The van der Waals surface area contributed by atoms with E-state index in [1.165, 1.54) is 59.0 Å². The quantitative estimate of drug-likeness (QED) is 0.201. The zero-order valence-electron chi connectivity index (χ0n) is 23.9. The van der Waals surface area contributed by atoms with Gasteiger partial charge >= 0.3 is 0 Å². The van der Waals surface area contributed by atoms with Gasteiger partial charge in [0.15, 0.2) is 0 Å². The van der Waals surface area contributed by atoms with Gasteiger partial charge < -0.3 is 9.32 Å². The first-order valence-corrected chi connectivity index (χ1v) is 15.8. The minimum Gasteiger partial charge on any atom is -0.456 e. The van der Waals surface area contributed by atoms with Crippen LogP contribution in [0.3, 0.4) is 0 Å². The van der Waals surface area contributed by atoms with E-state index in [1.807, 2.05) is 23.5 Å². The summed E-state index contributed by atoms with van der Waals surface area (Å²) in [6.07, 6.45) is 0. The van der Waals surface area contributed by atoms with Crippen molar-refractivity contribution in [3.63, 3.8) is 0 Å². The van der Waals surface area contributed by atoms with Crippen molar-refractivity contribution < 1.29 is 4.42 Å². The number of furan rings is 1. The molecule has 2 heterocycles. The first kappa shape index (κ1) is 25.1. The lowest BCUT2D eigenvalue weighted by atomic mass is 9.98. The first-order valence-electron chi connectivity index (χ1n) is 15.0. The molecule has 0 aliphatic heterocycles. The number of hydrogen-bond donors (Lipinski definition) is 0. The summed E-state index contributed by atoms with van der Waals surface area (Å²) in [7, 11) is 0. The Kier molecular flexibility index (Phi) is 5.78. The number of fused-ring (bicyclic) bond motifs is 7. The Bertz CT molecular complexity index is 2490. The van der Waals surface area contributed by atoms with Gasteiger partial charge in [0, 0.05) is 54.3 Å². The molecule has 0 bridgehead atoms. The largest absolute Gasteiger partial charge is 0.456 e. The van der Waals surface area contributed by atoms with Crippen LogP contribution in [0.2, 0.25) is 0 Å². The van der Waals surface area contributed by atoms with Gasteiger partial charge in [0.25, 0.3) is 0 Å². The Labute approximate surface area is 259 Å². The average molecular weight is 582 g/mol. The third kappa shape index (κ3) is 4.09. The minimum atomic E-state index is 0.727. The molecule has 9 aromatic rings. The standard InChI is InChI=1S/C41H27NOS/c1-2-11-27(12-3-1)31-15-5-4-13-29(31)26-42(30-21-22-34-33-17-7-9-20-40(33)44-41(34)24-30)37-18-10-14-28-23-39-36(25-35(28)37)32-16-6-8-19-38(32)43-39/h1-25H,26H2. The molecule has 0 atom stereocenters. The Balaban J connectivity index is 1.28. The summed E-state index contributed by atoms with van der Waals surface area (Å²) in [5.74, 6) is 0. The molecule has 0 amide bonds. The molecule has 0 saturated carbocycles. The number of nitrogens with zero attached hydrogens (tertiary/aromatic N) is 1. The van der Waals surface area contributed by atoms with Gasteiger partial charge in [-0.15, -0.1) is 11.3 Å². The zero-order valence-corrected chi connectivity index (χ0v) is 24.7. The minimum absolute atomic E-state index is 0.727.